The molecule has 136 valence electrons. The van der Waals surface area contributed by atoms with Gasteiger partial charge in [-0.3, -0.25) is 4.79 Å². The number of rotatable bonds is 18. The average Bonchev–Trinajstić information content (AvgIpc) is 2.53. The van der Waals surface area contributed by atoms with Crippen LogP contribution in [0.25, 0.3) is 0 Å². The Bertz CT molecular complexity index is 277. The maximum absolute atomic E-state index is 10.4. The molecule has 0 heterocycles. The van der Waals surface area contributed by atoms with Crippen LogP contribution in [0, 0.1) is 0 Å². The second-order valence-electron chi connectivity index (χ2n) is 6.58. The van der Waals surface area contributed by atoms with Gasteiger partial charge >= 0.3 is 5.97 Å². The fraction of sp³-hybridized carbons (Fsp3) is 0.850. The van der Waals surface area contributed by atoms with Gasteiger partial charge in [0.05, 0.1) is 0 Å². The zero-order valence-electron chi connectivity index (χ0n) is 15.1. The van der Waals surface area contributed by atoms with Crippen molar-refractivity contribution >= 4 is 5.97 Å². The molecule has 3 N–H and O–H groups in total. The van der Waals surface area contributed by atoms with Gasteiger partial charge < -0.3 is 10.8 Å². The lowest BCUT2D eigenvalue weighted by atomic mass is 10.1. The summed E-state index contributed by atoms with van der Waals surface area (Å²) < 4.78 is 0. The topological polar surface area (TPSA) is 63.3 Å². The van der Waals surface area contributed by atoms with Gasteiger partial charge in [0.25, 0.3) is 0 Å². The van der Waals surface area contributed by atoms with Crippen LogP contribution in [0.15, 0.2) is 12.2 Å². The van der Waals surface area contributed by atoms with Gasteiger partial charge in [-0.05, 0) is 45.1 Å². The summed E-state index contributed by atoms with van der Waals surface area (Å²) in [5, 5.41) is 8.54. The van der Waals surface area contributed by atoms with E-state index in [1.807, 2.05) is 0 Å². The number of carboxylic acid groups (broad SMARTS) is 1. The lowest BCUT2D eigenvalue weighted by Gasteiger charge is -2.00. The molecule has 0 fully saturated rings. The quantitative estimate of drug-likeness (QED) is 0.246. The number of carbonyl (C=O) groups is 1. The number of nitrogens with two attached hydrogens (primary N) is 1. The number of unbranched alkanes of at least 4 members (excludes halogenated alkanes) is 13. The Kier molecular flexibility index (Phi) is 18.5. The second-order valence-corrected chi connectivity index (χ2v) is 6.58. The van der Waals surface area contributed by atoms with Crippen LogP contribution in [-0.2, 0) is 4.79 Å². The standard InChI is InChI=1S/C20H39NO2/c21-19-17-15-13-11-9-7-5-3-1-2-4-6-8-10-12-14-16-18-20(22)23/h2,4H,1,3,5-19,21H2,(H,22,23). The van der Waals surface area contributed by atoms with Crippen molar-refractivity contribution in [1.82, 2.24) is 0 Å². The molecule has 0 spiro atoms. The van der Waals surface area contributed by atoms with Crippen molar-refractivity contribution in [3.05, 3.63) is 12.2 Å². The highest BCUT2D eigenvalue weighted by molar-refractivity contribution is 5.66. The molecule has 23 heavy (non-hydrogen) atoms. The monoisotopic (exact) mass is 325 g/mol. The first kappa shape index (κ1) is 22.2. The molecule has 0 aromatic heterocycles. The van der Waals surface area contributed by atoms with Crippen LogP contribution >= 0.6 is 0 Å². The van der Waals surface area contributed by atoms with Crippen LogP contribution in [0.5, 0.6) is 0 Å². The lowest BCUT2D eigenvalue weighted by molar-refractivity contribution is -0.137. The van der Waals surface area contributed by atoms with Gasteiger partial charge in [0.1, 0.15) is 0 Å². The summed E-state index contributed by atoms with van der Waals surface area (Å²) in [6.45, 7) is 0.844. The van der Waals surface area contributed by atoms with E-state index in [0.29, 0.717) is 6.42 Å². The van der Waals surface area contributed by atoms with Crippen LogP contribution in [0.1, 0.15) is 103 Å². The minimum atomic E-state index is -0.667. The first-order valence-electron chi connectivity index (χ1n) is 9.84. The molecule has 3 nitrogen and oxygen atoms in total. The average molecular weight is 326 g/mol. The lowest BCUT2D eigenvalue weighted by Crippen LogP contribution is -1.97. The molecule has 0 aliphatic rings. The number of allylic oxidation sites excluding steroid dienone is 2. The molecule has 3 heteroatoms. The van der Waals surface area contributed by atoms with Crippen molar-refractivity contribution in [2.75, 3.05) is 6.54 Å². The molecule has 0 radical (unpaired) electrons. The van der Waals surface area contributed by atoms with Crippen LogP contribution in [0.3, 0.4) is 0 Å². The summed E-state index contributed by atoms with van der Waals surface area (Å²) >= 11 is 0. The SMILES string of the molecule is NCCCCCCCCCCC=CCCCCCCCC(=O)O. The predicted octanol–water partition coefficient (Wildman–Crippen LogP) is 5.83. The second kappa shape index (κ2) is 19.2. The van der Waals surface area contributed by atoms with E-state index >= 15 is 0 Å². The molecule has 0 atom stereocenters. The molecule has 0 saturated carbocycles. The predicted molar refractivity (Wildman–Crippen MR) is 99.7 cm³/mol. The van der Waals surface area contributed by atoms with Gasteiger partial charge in [-0.2, -0.15) is 0 Å². The van der Waals surface area contributed by atoms with Crippen molar-refractivity contribution in [2.45, 2.75) is 103 Å². The molecule has 0 unspecified atom stereocenters. The third-order valence-corrected chi connectivity index (χ3v) is 4.25. The normalized spacial score (nSPS) is 11.3. The van der Waals surface area contributed by atoms with E-state index in [4.69, 9.17) is 10.8 Å². The molecule has 0 bridgehead atoms. The van der Waals surface area contributed by atoms with E-state index in [9.17, 15) is 4.79 Å². The summed E-state index contributed by atoms with van der Waals surface area (Å²) in [7, 11) is 0. The number of carboxylic acids is 1. The van der Waals surface area contributed by atoms with Crippen molar-refractivity contribution < 1.29 is 9.90 Å². The fourth-order valence-corrected chi connectivity index (χ4v) is 2.77. The third-order valence-electron chi connectivity index (χ3n) is 4.25. The molecule has 0 amide bonds. The Morgan fingerprint density at radius 3 is 1.48 bits per heavy atom. The zero-order valence-corrected chi connectivity index (χ0v) is 15.1. The molecular formula is C20H39NO2. The maximum atomic E-state index is 10.4. The van der Waals surface area contributed by atoms with Crippen molar-refractivity contribution in [3.63, 3.8) is 0 Å². The van der Waals surface area contributed by atoms with Crippen LogP contribution in [0.4, 0.5) is 0 Å². The summed E-state index contributed by atoms with van der Waals surface area (Å²) in [5.41, 5.74) is 5.48. The van der Waals surface area contributed by atoms with E-state index in [1.165, 1.54) is 83.5 Å². The molecular weight excluding hydrogens is 286 g/mol. The first-order valence-corrected chi connectivity index (χ1v) is 9.84. The highest BCUT2D eigenvalue weighted by Gasteiger charge is 1.96. The largest absolute Gasteiger partial charge is 0.481 e. The van der Waals surface area contributed by atoms with Crippen LogP contribution < -0.4 is 5.73 Å². The van der Waals surface area contributed by atoms with E-state index in [-0.39, 0.29) is 0 Å². The first-order chi connectivity index (χ1) is 11.3. The van der Waals surface area contributed by atoms with Crippen molar-refractivity contribution in [3.8, 4) is 0 Å². The molecule has 0 rings (SSSR count). The van der Waals surface area contributed by atoms with Gasteiger partial charge in [0.15, 0.2) is 0 Å². The highest BCUT2D eigenvalue weighted by atomic mass is 16.4. The summed E-state index contributed by atoms with van der Waals surface area (Å²) in [4.78, 5) is 10.4. The minimum absolute atomic E-state index is 0.327. The number of hydrogen-bond donors (Lipinski definition) is 2. The highest BCUT2D eigenvalue weighted by Crippen LogP contribution is 2.11. The minimum Gasteiger partial charge on any atom is -0.481 e. The number of aliphatic carboxylic acids is 1. The summed E-state index contributed by atoms with van der Waals surface area (Å²) in [6.07, 6.45) is 23.6. The van der Waals surface area contributed by atoms with E-state index in [1.54, 1.807) is 0 Å². The van der Waals surface area contributed by atoms with E-state index < -0.39 is 5.97 Å². The third kappa shape index (κ3) is 21.2. The van der Waals surface area contributed by atoms with Gasteiger partial charge in [-0.15, -0.1) is 0 Å². The molecule has 0 aromatic rings. The van der Waals surface area contributed by atoms with Gasteiger partial charge in [-0.1, -0.05) is 69.9 Å². The van der Waals surface area contributed by atoms with Crippen LogP contribution in [0.2, 0.25) is 0 Å². The Balaban J connectivity index is 3.07. The number of hydrogen-bond acceptors (Lipinski definition) is 2. The summed E-state index contributed by atoms with van der Waals surface area (Å²) in [5.74, 6) is -0.667. The smallest absolute Gasteiger partial charge is 0.303 e. The van der Waals surface area contributed by atoms with Crippen molar-refractivity contribution in [2.24, 2.45) is 5.73 Å². The van der Waals surface area contributed by atoms with Gasteiger partial charge in [0, 0.05) is 6.42 Å². The summed E-state index contributed by atoms with van der Waals surface area (Å²) in [6, 6.07) is 0. The Morgan fingerprint density at radius 2 is 1.04 bits per heavy atom. The molecule has 0 saturated heterocycles. The van der Waals surface area contributed by atoms with E-state index in [2.05, 4.69) is 12.2 Å². The van der Waals surface area contributed by atoms with Gasteiger partial charge in [0.2, 0.25) is 0 Å². The van der Waals surface area contributed by atoms with E-state index in [0.717, 1.165) is 19.4 Å². The molecule has 0 aliphatic heterocycles. The Labute approximate surface area is 143 Å². The molecule has 0 aliphatic carbocycles. The molecule has 0 aromatic carbocycles. The van der Waals surface area contributed by atoms with Crippen LogP contribution in [-0.4, -0.2) is 17.6 Å². The Hall–Kier alpha value is -0.830. The van der Waals surface area contributed by atoms with Crippen molar-refractivity contribution in [1.29, 1.82) is 0 Å². The maximum Gasteiger partial charge on any atom is 0.303 e. The van der Waals surface area contributed by atoms with Gasteiger partial charge in [-0.25, -0.2) is 0 Å². The zero-order chi connectivity index (χ0) is 17.0. The fourth-order valence-electron chi connectivity index (χ4n) is 2.77. The Morgan fingerprint density at radius 1 is 0.652 bits per heavy atom.